The lowest BCUT2D eigenvalue weighted by molar-refractivity contribution is -0.384. The maximum absolute atomic E-state index is 12.5. The topological polar surface area (TPSA) is 118 Å². The van der Waals surface area contributed by atoms with Gasteiger partial charge in [0.25, 0.3) is 5.69 Å². The van der Waals surface area contributed by atoms with Crippen LogP contribution < -0.4 is 4.90 Å². The number of non-ortho nitro benzene ring substituents is 1. The summed E-state index contributed by atoms with van der Waals surface area (Å²) in [5, 5.41) is 10.9. The number of nitro groups is 1. The lowest BCUT2D eigenvalue weighted by Crippen LogP contribution is -2.49. The van der Waals surface area contributed by atoms with Gasteiger partial charge in [0.1, 0.15) is 11.4 Å². The Labute approximate surface area is 173 Å². The smallest absolute Gasteiger partial charge is 0.409 e. The number of aromatic nitrogens is 1. The van der Waals surface area contributed by atoms with E-state index in [0.29, 0.717) is 55.4 Å². The lowest BCUT2D eigenvalue weighted by atomic mass is 10.1. The van der Waals surface area contributed by atoms with Crippen LogP contribution in [-0.4, -0.2) is 66.3 Å². The maximum Gasteiger partial charge on any atom is 0.409 e. The molecule has 1 aromatic heterocycles. The van der Waals surface area contributed by atoms with E-state index in [4.69, 9.17) is 9.47 Å². The van der Waals surface area contributed by atoms with Crippen molar-refractivity contribution in [1.82, 2.24) is 9.88 Å². The molecule has 0 saturated carbocycles. The Balaban J connectivity index is 1.85. The molecule has 1 saturated heterocycles. The minimum absolute atomic E-state index is 0.00812. The van der Waals surface area contributed by atoms with Crippen molar-refractivity contribution in [3.8, 4) is 11.3 Å². The fourth-order valence-corrected chi connectivity index (χ4v) is 3.30. The Morgan fingerprint density at radius 3 is 2.27 bits per heavy atom. The first-order valence-electron chi connectivity index (χ1n) is 9.76. The van der Waals surface area contributed by atoms with Crippen molar-refractivity contribution in [2.75, 3.05) is 44.3 Å². The van der Waals surface area contributed by atoms with Crippen LogP contribution in [0.5, 0.6) is 0 Å². The molecule has 0 bridgehead atoms. The number of nitrogens with one attached hydrogen (secondary N) is 1. The minimum atomic E-state index is -0.461. The summed E-state index contributed by atoms with van der Waals surface area (Å²) in [6.07, 6.45) is -0.346. The number of H-pyrrole nitrogens is 1. The van der Waals surface area contributed by atoms with E-state index in [1.807, 2.05) is 4.90 Å². The fourth-order valence-electron chi connectivity index (χ4n) is 3.30. The number of carbonyl (C=O) groups excluding carboxylic acids is 2. The average Bonchev–Trinajstić information content (AvgIpc) is 3.20. The summed E-state index contributed by atoms with van der Waals surface area (Å²) in [6.45, 7) is 6.03. The van der Waals surface area contributed by atoms with Gasteiger partial charge >= 0.3 is 12.1 Å². The second kappa shape index (κ2) is 9.29. The highest BCUT2D eigenvalue weighted by Gasteiger charge is 2.27. The molecule has 1 aromatic carbocycles. The molecule has 0 radical (unpaired) electrons. The first-order chi connectivity index (χ1) is 14.4. The third-order valence-corrected chi connectivity index (χ3v) is 4.80. The summed E-state index contributed by atoms with van der Waals surface area (Å²) in [6, 6.07) is 7.77. The Hall–Kier alpha value is -3.56. The summed E-state index contributed by atoms with van der Waals surface area (Å²) < 4.78 is 10.2. The van der Waals surface area contributed by atoms with Crippen LogP contribution in [0, 0.1) is 10.1 Å². The number of benzene rings is 1. The Kier molecular flexibility index (Phi) is 6.55. The molecule has 0 atom stereocenters. The van der Waals surface area contributed by atoms with Crippen LogP contribution in [0.1, 0.15) is 24.2 Å². The zero-order valence-electron chi connectivity index (χ0n) is 16.9. The van der Waals surface area contributed by atoms with E-state index in [-0.39, 0.29) is 18.4 Å². The van der Waals surface area contributed by atoms with Gasteiger partial charge < -0.3 is 24.3 Å². The monoisotopic (exact) mass is 416 g/mol. The van der Waals surface area contributed by atoms with Gasteiger partial charge in [0, 0.05) is 44.0 Å². The van der Waals surface area contributed by atoms with E-state index in [1.54, 1.807) is 36.9 Å². The Morgan fingerprint density at radius 1 is 1.07 bits per heavy atom. The highest BCUT2D eigenvalue weighted by atomic mass is 16.6. The number of carbonyl (C=O) groups is 2. The highest BCUT2D eigenvalue weighted by molar-refractivity contribution is 5.97. The van der Waals surface area contributed by atoms with Gasteiger partial charge in [0.2, 0.25) is 0 Å². The second-order valence-electron chi connectivity index (χ2n) is 6.64. The van der Waals surface area contributed by atoms with Crippen LogP contribution in [0.3, 0.4) is 0 Å². The predicted octanol–water partition coefficient (Wildman–Crippen LogP) is 3.05. The summed E-state index contributed by atoms with van der Waals surface area (Å²) in [5.41, 5.74) is 1.74. The molecular formula is C20H24N4O6. The zero-order valence-corrected chi connectivity index (χ0v) is 16.9. The number of piperazine rings is 1. The molecule has 2 aromatic rings. The van der Waals surface area contributed by atoms with E-state index in [9.17, 15) is 19.7 Å². The molecule has 1 amide bonds. The highest BCUT2D eigenvalue weighted by Crippen LogP contribution is 2.30. The molecule has 1 aliphatic heterocycles. The van der Waals surface area contributed by atoms with Gasteiger partial charge in [-0.2, -0.15) is 0 Å². The number of nitro benzene ring substituents is 1. The molecule has 10 heteroatoms. The van der Waals surface area contributed by atoms with Crippen LogP contribution in [0.2, 0.25) is 0 Å². The fraction of sp³-hybridized carbons (Fsp3) is 0.400. The second-order valence-corrected chi connectivity index (χ2v) is 6.64. The number of hydrogen-bond donors (Lipinski definition) is 1. The number of aromatic amines is 1. The van der Waals surface area contributed by atoms with Gasteiger partial charge in [-0.05, 0) is 37.6 Å². The van der Waals surface area contributed by atoms with Crippen molar-refractivity contribution in [2.45, 2.75) is 13.8 Å². The van der Waals surface area contributed by atoms with Gasteiger partial charge in [-0.25, -0.2) is 9.59 Å². The quantitative estimate of drug-likeness (QED) is 0.437. The van der Waals surface area contributed by atoms with Crippen LogP contribution >= 0.6 is 0 Å². The molecule has 3 rings (SSSR count). The summed E-state index contributed by atoms with van der Waals surface area (Å²) in [5.74, 6) is 0.148. The van der Waals surface area contributed by atoms with Crippen LogP contribution in [0.4, 0.5) is 16.3 Å². The van der Waals surface area contributed by atoms with Crippen LogP contribution in [0.25, 0.3) is 11.3 Å². The average molecular weight is 416 g/mol. The molecule has 30 heavy (non-hydrogen) atoms. The molecule has 160 valence electrons. The largest absolute Gasteiger partial charge is 0.462 e. The van der Waals surface area contributed by atoms with Crippen LogP contribution in [-0.2, 0) is 9.47 Å². The summed E-state index contributed by atoms with van der Waals surface area (Å²) >= 11 is 0. The van der Waals surface area contributed by atoms with E-state index in [0.717, 1.165) is 0 Å². The number of esters is 1. The van der Waals surface area contributed by atoms with Crippen molar-refractivity contribution >= 4 is 23.6 Å². The summed E-state index contributed by atoms with van der Waals surface area (Å²) in [4.78, 5) is 41.7. The Bertz CT molecular complexity index is 916. The zero-order chi connectivity index (χ0) is 21.7. The molecule has 1 N–H and O–H groups in total. The third-order valence-electron chi connectivity index (χ3n) is 4.80. The molecule has 2 heterocycles. The Morgan fingerprint density at radius 2 is 1.70 bits per heavy atom. The number of rotatable bonds is 6. The molecule has 0 spiro atoms. The normalized spacial score (nSPS) is 13.8. The SMILES string of the molecule is CCOC(=O)c1cc(-c2ccc([N+](=O)[O-])cc2)[nH]c1N1CCN(C(=O)OCC)CC1. The van der Waals surface area contributed by atoms with E-state index in [1.165, 1.54) is 12.1 Å². The van der Waals surface area contributed by atoms with Crippen molar-refractivity contribution in [3.05, 3.63) is 46.0 Å². The number of hydrogen-bond acceptors (Lipinski definition) is 7. The molecule has 0 unspecified atom stereocenters. The van der Waals surface area contributed by atoms with Gasteiger partial charge in [0.05, 0.1) is 18.1 Å². The van der Waals surface area contributed by atoms with E-state index < -0.39 is 10.9 Å². The number of anilines is 1. The van der Waals surface area contributed by atoms with Gasteiger partial charge in [0.15, 0.2) is 0 Å². The number of nitrogens with zero attached hydrogens (tertiary/aromatic N) is 3. The van der Waals surface area contributed by atoms with Gasteiger partial charge in [-0.15, -0.1) is 0 Å². The molecular weight excluding hydrogens is 392 g/mol. The molecule has 0 aliphatic carbocycles. The number of amides is 1. The maximum atomic E-state index is 12.5. The van der Waals surface area contributed by atoms with Crippen molar-refractivity contribution < 1.29 is 24.0 Å². The van der Waals surface area contributed by atoms with Crippen molar-refractivity contribution in [2.24, 2.45) is 0 Å². The first kappa shape index (κ1) is 21.2. The summed E-state index contributed by atoms with van der Waals surface area (Å²) in [7, 11) is 0. The first-order valence-corrected chi connectivity index (χ1v) is 9.76. The van der Waals surface area contributed by atoms with E-state index in [2.05, 4.69) is 4.98 Å². The molecule has 1 fully saturated rings. The minimum Gasteiger partial charge on any atom is -0.462 e. The molecule has 1 aliphatic rings. The van der Waals surface area contributed by atoms with Crippen molar-refractivity contribution in [1.29, 1.82) is 0 Å². The molecule has 10 nitrogen and oxygen atoms in total. The van der Waals surface area contributed by atoms with Gasteiger partial charge in [-0.3, -0.25) is 10.1 Å². The standard InChI is InChI=1S/C20H24N4O6/c1-3-29-19(25)16-13-17(14-5-7-15(8-6-14)24(27)28)21-18(16)22-9-11-23(12-10-22)20(26)30-4-2/h5-8,13,21H,3-4,9-12H2,1-2H3. The predicted molar refractivity (Wildman–Crippen MR) is 110 cm³/mol. The van der Waals surface area contributed by atoms with Crippen molar-refractivity contribution in [3.63, 3.8) is 0 Å². The number of ether oxygens (including phenoxy) is 2. The third kappa shape index (κ3) is 4.53. The van der Waals surface area contributed by atoms with E-state index >= 15 is 0 Å². The van der Waals surface area contributed by atoms with Gasteiger partial charge in [-0.1, -0.05) is 0 Å². The lowest BCUT2D eigenvalue weighted by Gasteiger charge is -2.35. The van der Waals surface area contributed by atoms with Crippen LogP contribution in [0.15, 0.2) is 30.3 Å².